The Morgan fingerprint density at radius 2 is 1.75 bits per heavy atom. The molecule has 2 rings (SSSR count). The average Bonchev–Trinajstić information content (AvgIpc) is 2.85. The van der Waals surface area contributed by atoms with Crippen LogP contribution in [-0.2, 0) is 20.8 Å². The number of amides is 3. The number of carbonyl (C=O) groups is 4. The lowest BCUT2D eigenvalue weighted by Crippen LogP contribution is -2.54. The zero-order chi connectivity index (χ0) is 26.7. The van der Waals surface area contributed by atoms with Gasteiger partial charge in [-0.2, -0.15) is 0 Å². The largest absolute Gasteiger partial charge is 0.480 e. The molecule has 1 unspecified atom stereocenters. The zero-order valence-corrected chi connectivity index (χ0v) is 21.2. The van der Waals surface area contributed by atoms with Crippen molar-refractivity contribution < 1.29 is 24.3 Å². The van der Waals surface area contributed by atoms with Crippen LogP contribution in [0, 0.1) is 5.92 Å². The normalized spacial score (nSPS) is 13.2. The summed E-state index contributed by atoms with van der Waals surface area (Å²) in [6.45, 7) is 4.21. The molecule has 0 spiro atoms. The van der Waals surface area contributed by atoms with Crippen LogP contribution in [0.2, 0.25) is 5.02 Å². The quantitative estimate of drug-likeness (QED) is 0.260. The summed E-state index contributed by atoms with van der Waals surface area (Å²) in [6.07, 6.45) is 0.943. The van der Waals surface area contributed by atoms with Gasteiger partial charge in [0.15, 0.2) is 0 Å². The van der Waals surface area contributed by atoms with Crippen LogP contribution < -0.4 is 21.7 Å². The summed E-state index contributed by atoms with van der Waals surface area (Å²) in [7, 11) is 0. The van der Waals surface area contributed by atoms with Crippen molar-refractivity contribution in [2.75, 3.05) is 11.9 Å². The standard InChI is InChI=1S/C26H33ClN4O5/c1-3-16(2)23(25(34)30-21(26(35)36)11-12-22(28)32)31-24(33)19-15-18(27)9-10-20(19)29-14-13-17-7-5-4-6-8-17/h4-10,15-16,21,23,29H,3,11-14H2,1-2H3,(H2,28,32)(H,30,34)(H,31,33)(H,35,36)/t16?,21-,23+/m1/s1. The number of nitrogens with one attached hydrogen (secondary N) is 3. The molecule has 0 aromatic heterocycles. The summed E-state index contributed by atoms with van der Waals surface area (Å²) in [6, 6.07) is 12.4. The van der Waals surface area contributed by atoms with Crippen LogP contribution in [0.5, 0.6) is 0 Å². The maximum Gasteiger partial charge on any atom is 0.326 e. The Bertz CT molecular complexity index is 1060. The highest BCUT2D eigenvalue weighted by Crippen LogP contribution is 2.22. The predicted molar refractivity (Wildman–Crippen MR) is 139 cm³/mol. The lowest BCUT2D eigenvalue weighted by atomic mass is 9.97. The van der Waals surface area contributed by atoms with Gasteiger partial charge in [0.2, 0.25) is 11.8 Å². The molecule has 0 aliphatic carbocycles. The fraction of sp³-hybridized carbons (Fsp3) is 0.385. The Labute approximate surface area is 215 Å². The second-order valence-electron chi connectivity index (χ2n) is 8.59. The molecule has 0 aliphatic heterocycles. The first-order valence-electron chi connectivity index (χ1n) is 11.8. The lowest BCUT2D eigenvalue weighted by Gasteiger charge is -2.26. The number of primary amides is 1. The van der Waals surface area contributed by atoms with Crippen LogP contribution in [-0.4, -0.2) is 47.4 Å². The maximum atomic E-state index is 13.3. The smallest absolute Gasteiger partial charge is 0.326 e. The molecule has 6 N–H and O–H groups in total. The van der Waals surface area contributed by atoms with Gasteiger partial charge in [-0.1, -0.05) is 62.2 Å². The third kappa shape index (κ3) is 8.88. The SMILES string of the molecule is CCC(C)[C@H](NC(=O)c1cc(Cl)ccc1NCCc1ccccc1)C(=O)N[C@H](CCC(N)=O)C(=O)O. The van der Waals surface area contributed by atoms with Gasteiger partial charge in [-0.25, -0.2) is 4.79 Å². The van der Waals surface area contributed by atoms with Crippen molar-refractivity contribution in [3.05, 3.63) is 64.7 Å². The van der Waals surface area contributed by atoms with Gasteiger partial charge in [-0.05, 0) is 42.5 Å². The second-order valence-corrected chi connectivity index (χ2v) is 9.03. The van der Waals surface area contributed by atoms with Crippen LogP contribution >= 0.6 is 11.6 Å². The number of nitrogens with two attached hydrogens (primary N) is 1. The topological polar surface area (TPSA) is 151 Å². The first kappa shape index (κ1) is 28.6. The van der Waals surface area contributed by atoms with Crippen molar-refractivity contribution in [3.8, 4) is 0 Å². The highest BCUT2D eigenvalue weighted by molar-refractivity contribution is 6.31. The third-order valence-corrected chi connectivity index (χ3v) is 6.11. The highest BCUT2D eigenvalue weighted by atomic mass is 35.5. The molecule has 2 aromatic carbocycles. The number of carboxylic acids is 1. The first-order valence-corrected chi connectivity index (χ1v) is 12.2. The zero-order valence-electron chi connectivity index (χ0n) is 20.4. The van der Waals surface area contributed by atoms with Crippen LogP contribution in [0.25, 0.3) is 0 Å². The van der Waals surface area contributed by atoms with E-state index in [0.29, 0.717) is 23.7 Å². The molecule has 0 radical (unpaired) electrons. The summed E-state index contributed by atoms with van der Waals surface area (Å²) in [4.78, 5) is 48.9. The number of hydrogen-bond acceptors (Lipinski definition) is 5. The Morgan fingerprint density at radius 1 is 1.06 bits per heavy atom. The number of carbonyl (C=O) groups excluding carboxylic acids is 3. The molecule has 3 amide bonds. The van der Waals surface area contributed by atoms with Gasteiger partial charge in [0, 0.05) is 23.7 Å². The molecule has 2 aromatic rings. The van der Waals surface area contributed by atoms with Crippen molar-refractivity contribution in [1.82, 2.24) is 10.6 Å². The molecular weight excluding hydrogens is 484 g/mol. The molecule has 3 atom stereocenters. The van der Waals surface area contributed by atoms with Crippen LogP contribution in [0.1, 0.15) is 49.0 Å². The van der Waals surface area contributed by atoms with Crippen LogP contribution in [0.15, 0.2) is 48.5 Å². The molecule has 0 fully saturated rings. The van der Waals surface area contributed by atoms with Gasteiger partial charge >= 0.3 is 5.97 Å². The molecule has 36 heavy (non-hydrogen) atoms. The summed E-state index contributed by atoms with van der Waals surface area (Å²) < 4.78 is 0. The number of anilines is 1. The summed E-state index contributed by atoms with van der Waals surface area (Å²) in [5.74, 6) is -3.44. The number of halogens is 1. The van der Waals surface area contributed by atoms with E-state index in [1.165, 1.54) is 6.07 Å². The Kier molecular flexibility index (Phi) is 11.2. The Hall–Kier alpha value is -3.59. The molecule has 9 nitrogen and oxygen atoms in total. The van der Waals surface area contributed by atoms with Crippen LogP contribution in [0.3, 0.4) is 0 Å². The summed E-state index contributed by atoms with van der Waals surface area (Å²) in [5, 5.41) is 18.2. The molecule has 10 heteroatoms. The molecule has 0 heterocycles. The summed E-state index contributed by atoms with van der Waals surface area (Å²) in [5.41, 5.74) is 7.07. The molecule has 0 bridgehead atoms. The number of rotatable bonds is 14. The van der Waals surface area contributed by atoms with E-state index in [0.717, 1.165) is 12.0 Å². The van der Waals surface area contributed by atoms with Crippen molar-refractivity contribution in [2.45, 2.75) is 51.6 Å². The van der Waals surface area contributed by atoms with Gasteiger partial charge in [0.05, 0.1) is 5.56 Å². The van der Waals surface area contributed by atoms with E-state index < -0.39 is 35.8 Å². The minimum Gasteiger partial charge on any atom is -0.480 e. The van der Waals surface area contributed by atoms with Crippen molar-refractivity contribution in [1.29, 1.82) is 0 Å². The van der Waals surface area contributed by atoms with Crippen molar-refractivity contribution in [2.24, 2.45) is 11.7 Å². The maximum absolute atomic E-state index is 13.3. The summed E-state index contributed by atoms with van der Waals surface area (Å²) >= 11 is 6.15. The van der Waals surface area contributed by atoms with Crippen LogP contribution in [0.4, 0.5) is 5.69 Å². The highest BCUT2D eigenvalue weighted by Gasteiger charge is 2.30. The molecule has 0 saturated heterocycles. The Morgan fingerprint density at radius 3 is 2.36 bits per heavy atom. The minimum atomic E-state index is -1.31. The van der Waals surface area contributed by atoms with Gasteiger partial charge in [0.1, 0.15) is 12.1 Å². The number of benzene rings is 2. The fourth-order valence-electron chi connectivity index (χ4n) is 3.57. The predicted octanol–water partition coefficient (Wildman–Crippen LogP) is 2.97. The van der Waals surface area contributed by atoms with Gasteiger partial charge < -0.3 is 26.8 Å². The van der Waals surface area contributed by atoms with E-state index in [4.69, 9.17) is 17.3 Å². The van der Waals surface area contributed by atoms with E-state index in [1.807, 2.05) is 37.3 Å². The monoisotopic (exact) mass is 516 g/mol. The van der Waals surface area contributed by atoms with E-state index >= 15 is 0 Å². The van der Waals surface area contributed by atoms with Gasteiger partial charge in [-0.3, -0.25) is 14.4 Å². The Balaban J connectivity index is 2.16. The van der Waals surface area contributed by atoms with E-state index in [1.54, 1.807) is 19.1 Å². The lowest BCUT2D eigenvalue weighted by molar-refractivity contribution is -0.142. The molecule has 194 valence electrons. The fourth-order valence-corrected chi connectivity index (χ4v) is 3.74. The van der Waals surface area contributed by atoms with E-state index in [2.05, 4.69) is 16.0 Å². The van der Waals surface area contributed by atoms with Gasteiger partial charge in [0.25, 0.3) is 5.91 Å². The number of hydrogen-bond donors (Lipinski definition) is 5. The average molecular weight is 517 g/mol. The van der Waals surface area contributed by atoms with Gasteiger partial charge in [-0.15, -0.1) is 0 Å². The third-order valence-electron chi connectivity index (χ3n) is 5.87. The second kappa shape index (κ2) is 14.1. The number of carboxylic acid groups (broad SMARTS) is 1. The molecule has 0 saturated carbocycles. The number of aliphatic carboxylic acids is 1. The van der Waals surface area contributed by atoms with Crippen molar-refractivity contribution in [3.63, 3.8) is 0 Å². The molecule has 0 aliphatic rings. The van der Waals surface area contributed by atoms with Crippen molar-refractivity contribution >= 4 is 41.0 Å². The van der Waals surface area contributed by atoms with E-state index in [9.17, 15) is 24.3 Å². The van der Waals surface area contributed by atoms with E-state index in [-0.39, 0.29) is 24.3 Å². The molecular formula is C26H33ClN4O5. The first-order chi connectivity index (χ1) is 17.1. The minimum absolute atomic E-state index is 0.151.